The molecular formula is C19H19N7OS. The molecule has 1 amide bonds. The molecule has 1 aromatic carbocycles. The average Bonchev–Trinajstić information content (AvgIpc) is 3.30. The van der Waals surface area contributed by atoms with Crippen molar-refractivity contribution in [1.29, 1.82) is 0 Å². The Morgan fingerprint density at radius 2 is 2.00 bits per heavy atom. The predicted octanol–water partition coefficient (Wildman–Crippen LogP) is 2.73. The van der Waals surface area contributed by atoms with Crippen molar-refractivity contribution in [3.63, 3.8) is 0 Å². The second kappa shape index (κ2) is 7.73. The van der Waals surface area contributed by atoms with E-state index in [-0.39, 0.29) is 5.91 Å². The molecule has 0 aliphatic carbocycles. The first-order valence-corrected chi connectivity index (χ1v) is 9.65. The van der Waals surface area contributed by atoms with Gasteiger partial charge in [-0.3, -0.25) is 9.36 Å². The minimum absolute atomic E-state index is 0.170. The second-order valence-electron chi connectivity index (χ2n) is 6.17. The van der Waals surface area contributed by atoms with Crippen molar-refractivity contribution in [1.82, 2.24) is 29.8 Å². The van der Waals surface area contributed by atoms with E-state index in [2.05, 4.69) is 30.6 Å². The van der Waals surface area contributed by atoms with Crippen molar-refractivity contribution >= 4 is 33.3 Å². The van der Waals surface area contributed by atoms with Crippen LogP contribution in [0.2, 0.25) is 0 Å². The molecule has 4 aromatic rings. The second-order valence-corrected chi connectivity index (χ2v) is 7.20. The molecular weight excluding hydrogens is 374 g/mol. The molecule has 0 aliphatic rings. The van der Waals surface area contributed by atoms with Crippen LogP contribution in [-0.2, 0) is 0 Å². The van der Waals surface area contributed by atoms with Crippen LogP contribution < -0.4 is 10.6 Å². The van der Waals surface area contributed by atoms with Gasteiger partial charge in [0, 0.05) is 31.5 Å². The number of imidazole rings is 1. The molecule has 142 valence electrons. The number of carbonyl (C=O) groups excluding carboxylic acids is 1. The summed E-state index contributed by atoms with van der Waals surface area (Å²) in [5.74, 6) is 2.80. The van der Waals surface area contributed by atoms with Crippen LogP contribution in [0.1, 0.15) is 21.5 Å². The van der Waals surface area contributed by atoms with Crippen molar-refractivity contribution in [3.05, 3.63) is 59.4 Å². The average molecular weight is 393 g/mol. The van der Waals surface area contributed by atoms with Gasteiger partial charge in [0.1, 0.15) is 23.3 Å². The normalized spacial score (nSPS) is 10.9. The largest absolute Gasteiger partial charge is 0.368 e. The fourth-order valence-corrected chi connectivity index (χ4v) is 3.68. The lowest BCUT2D eigenvalue weighted by Crippen LogP contribution is -2.28. The standard InChI is InChI=1S/C19H19N7OS/c1-12-23-16(11-17(24-12)26-10-9-20-13(26)2)21-7-8-22-18(27)19-25-14-5-3-4-6-15(14)28-19/h3-6,9-11H,7-8H2,1-2H3,(H,22,27)(H,21,23,24). The number of aryl methyl sites for hydroxylation is 2. The fraction of sp³-hybridized carbons (Fsp3) is 0.211. The maximum Gasteiger partial charge on any atom is 0.280 e. The van der Waals surface area contributed by atoms with E-state index >= 15 is 0 Å². The molecule has 0 radical (unpaired) electrons. The molecule has 0 saturated carbocycles. The van der Waals surface area contributed by atoms with Crippen LogP contribution in [0, 0.1) is 13.8 Å². The number of fused-ring (bicyclic) bond motifs is 1. The molecule has 4 rings (SSSR count). The fourth-order valence-electron chi connectivity index (χ4n) is 2.80. The van der Waals surface area contributed by atoms with Gasteiger partial charge < -0.3 is 10.6 Å². The zero-order chi connectivity index (χ0) is 19.5. The smallest absolute Gasteiger partial charge is 0.280 e. The number of anilines is 1. The molecule has 9 heteroatoms. The lowest BCUT2D eigenvalue weighted by Gasteiger charge is -2.10. The lowest BCUT2D eigenvalue weighted by atomic mass is 10.3. The molecule has 0 aliphatic heterocycles. The number of aromatic nitrogens is 5. The molecule has 0 unspecified atom stereocenters. The third kappa shape index (κ3) is 3.84. The Morgan fingerprint density at radius 1 is 1.14 bits per heavy atom. The van der Waals surface area contributed by atoms with E-state index < -0.39 is 0 Å². The summed E-state index contributed by atoms with van der Waals surface area (Å²) in [6, 6.07) is 9.58. The van der Waals surface area contributed by atoms with Crippen LogP contribution in [0.4, 0.5) is 5.82 Å². The zero-order valence-electron chi connectivity index (χ0n) is 15.5. The quantitative estimate of drug-likeness (QED) is 0.489. The SMILES string of the molecule is Cc1nc(NCCNC(=O)c2nc3ccccc3s2)cc(-n2ccnc2C)n1. The van der Waals surface area contributed by atoms with Gasteiger partial charge in [-0.05, 0) is 26.0 Å². The number of hydrogen-bond donors (Lipinski definition) is 2. The maximum atomic E-state index is 12.3. The Balaban J connectivity index is 1.35. The molecule has 3 heterocycles. The summed E-state index contributed by atoms with van der Waals surface area (Å²) in [7, 11) is 0. The summed E-state index contributed by atoms with van der Waals surface area (Å²) in [6.07, 6.45) is 3.59. The third-order valence-electron chi connectivity index (χ3n) is 4.10. The highest BCUT2D eigenvalue weighted by molar-refractivity contribution is 7.20. The minimum atomic E-state index is -0.170. The summed E-state index contributed by atoms with van der Waals surface area (Å²) in [5.41, 5.74) is 0.842. The van der Waals surface area contributed by atoms with E-state index in [1.165, 1.54) is 11.3 Å². The number of nitrogens with one attached hydrogen (secondary N) is 2. The summed E-state index contributed by atoms with van der Waals surface area (Å²) >= 11 is 1.39. The number of thiazole rings is 1. The summed E-state index contributed by atoms with van der Waals surface area (Å²) in [4.78, 5) is 29.7. The van der Waals surface area contributed by atoms with Crippen molar-refractivity contribution in [2.24, 2.45) is 0 Å². The van der Waals surface area contributed by atoms with Crippen LogP contribution >= 0.6 is 11.3 Å². The Kier molecular flexibility index (Phi) is 4.98. The van der Waals surface area contributed by atoms with Gasteiger partial charge in [0.05, 0.1) is 10.2 Å². The predicted molar refractivity (Wildman–Crippen MR) is 109 cm³/mol. The van der Waals surface area contributed by atoms with E-state index in [1.54, 1.807) is 6.20 Å². The number of carbonyl (C=O) groups is 1. The Hall–Kier alpha value is -3.33. The van der Waals surface area contributed by atoms with Crippen molar-refractivity contribution < 1.29 is 4.79 Å². The maximum absolute atomic E-state index is 12.3. The van der Waals surface area contributed by atoms with Gasteiger partial charge in [-0.15, -0.1) is 11.3 Å². The zero-order valence-corrected chi connectivity index (χ0v) is 16.3. The molecule has 28 heavy (non-hydrogen) atoms. The highest BCUT2D eigenvalue weighted by Gasteiger charge is 2.11. The first-order chi connectivity index (χ1) is 13.6. The van der Waals surface area contributed by atoms with Gasteiger partial charge in [0.25, 0.3) is 5.91 Å². The third-order valence-corrected chi connectivity index (χ3v) is 5.14. The van der Waals surface area contributed by atoms with E-state index in [0.29, 0.717) is 29.7 Å². The minimum Gasteiger partial charge on any atom is -0.368 e. The van der Waals surface area contributed by atoms with Crippen LogP contribution in [0.5, 0.6) is 0 Å². The number of amides is 1. The topological polar surface area (TPSA) is 97.6 Å². The number of para-hydroxylation sites is 1. The highest BCUT2D eigenvalue weighted by atomic mass is 32.1. The van der Waals surface area contributed by atoms with E-state index in [0.717, 1.165) is 21.9 Å². The Bertz CT molecular complexity index is 1100. The summed E-state index contributed by atoms with van der Waals surface area (Å²) < 4.78 is 2.90. The van der Waals surface area contributed by atoms with Crippen LogP contribution in [0.3, 0.4) is 0 Å². The molecule has 0 bridgehead atoms. The monoisotopic (exact) mass is 393 g/mol. The van der Waals surface area contributed by atoms with E-state index in [1.807, 2.05) is 54.9 Å². The van der Waals surface area contributed by atoms with Gasteiger partial charge >= 0.3 is 0 Å². The van der Waals surface area contributed by atoms with Crippen molar-refractivity contribution in [2.45, 2.75) is 13.8 Å². The summed E-state index contributed by atoms with van der Waals surface area (Å²) in [6.45, 7) is 4.75. The van der Waals surface area contributed by atoms with Crippen molar-refractivity contribution in [2.75, 3.05) is 18.4 Å². The summed E-state index contributed by atoms with van der Waals surface area (Å²) in [5, 5.41) is 6.58. The van der Waals surface area contributed by atoms with Crippen molar-refractivity contribution in [3.8, 4) is 5.82 Å². The van der Waals surface area contributed by atoms with Gasteiger partial charge in [-0.1, -0.05) is 12.1 Å². The van der Waals surface area contributed by atoms with E-state index in [4.69, 9.17) is 0 Å². The molecule has 3 aromatic heterocycles. The highest BCUT2D eigenvalue weighted by Crippen LogP contribution is 2.21. The Labute approximate surface area is 165 Å². The molecule has 0 saturated heterocycles. The first-order valence-electron chi connectivity index (χ1n) is 8.84. The van der Waals surface area contributed by atoms with Gasteiger partial charge in [0.2, 0.25) is 0 Å². The molecule has 0 fully saturated rings. The molecule has 2 N–H and O–H groups in total. The number of rotatable bonds is 6. The number of nitrogens with zero attached hydrogens (tertiary/aromatic N) is 5. The van der Waals surface area contributed by atoms with Gasteiger partial charge in [-0.25, -0.2) is 19.9 Å². The van der Waals surface area contributed by atoms with E-state index in [9.17, 15) is 4.79 Å². The molecule has 0 atom stereocenters. The number of hydrogen-bond acceptors (Lipinski definition) is 7. The molecule has 8 nitrogen and oxygen atoms in total. The first kappa shape index (κ1) is 18.1. The van der Waals surface area contributed by atoms with Crippen LogP contribution in [-0.4, -0.2) is 43.5 Å². The van der Waals surface area contributed by atoms with Crippen LogP contribution in [0.25, 0.3) is 16.0 Å². The van der Waals surface area contributed by atoms with Gasteiger partial charge in [-0.2, -0.15) is 0 Å². The number of benzene rings is 1. The lowest BCUT2D eigenvalue weighted by molar-refractivity contribution is 0.0955. The van der Waals surface area contributed by atoms with Crippen LogP contribution in [0.15, 0.2) is 42.7 Å². The Morgan fingerprint density at radius 3 is 2.79 bits per heavy atom. The molecule has 0 spiro atoms. The van der Waals surface area contributed by atoms with Gasteiger partial charge in [0.15, 0.2) is 5.01 Å².